The number of halogens is 1. The summed E-state index contributed by atoms with van der Waals surface area (Å²) in [7, 11) is 1.64. The number of ether oxygens (including phenoxy) is 1. The van der Waals surface area contributed by atoms with Crippen LogP contribution in [0.3, 0.4) is 0 Å². The zero-order chi connectivity index (χ0) is 20.4. The first kappa shape index (κ1) is 21.8. The van der Waals surface area contributed by atoms with Crippen molar-refractivity contribution in [3.05, 3.63) is 53.9 Å². The van der Waals surface area contributed by atoms with Crippen LogP contribution >= 0.6 is 12.4 Å². The second kappa shape index (κ2) is 9.30. The highest BCUT2D eigenvalue weighted by Gasteiger charge is 2.25. The molecule has 0 bridgehead atoms. The molecule has 1 aromatic carbocycles. The Hall–Kier alpha value is -2.86. The van der Waals surface area contributed by atoms with E-state index in [1.54, 1.807) is 13.3 Å². The molecule has 1 aliphatic rings. The molecule has 2 aromatic heterocycles. The lowest BCUT2D eigenvalue weighted by Gasteiger charge is -2.31. The van der Waals surface area contributed by atoms with E-state index < -0.39 is 0 Å². The summed E-state index contributed by atoms with van der Waals surface area (Å²) in [6.07, 6.45) is 3.73. The van der Waals surface area contributed by atoms with Gasteiger partial charge in [-0.1, -0.05) is 6.92 Å². The van der Waals surface area contributed by atoms with Crippen molar-refractivity contribution >= 4 is 40.7 Å². The van der Waals surface area contributed by atoms with E-state index in [-0.39, 0.29) is 18.3 Å². The zero-order valence-electron chi connectivity index (χ0n) is 17.5. The lowest BCUT2D eigenvalue weighted by atomic mass is 9.98. The molecule has 0 unspecified atom stereocenters. The average molecular weight is 427 g/mol. The quantitative estimate of drug-likeness (QED) is 0.636. The van der Waals surface area contributed by atoms with Crippen molar-refractivity contribution in [1.29, 1.82) is 0 Å². The van der Waals surface area contributed by atoms with E-state index in [4.69, 9.17) is 4.74 Å². The fourth-order valence-electron chi connectivity index (χ4n) is 3.67. The normalized spacial score (nSPS) is 14.3. The number of aromatic nitrogens is 2. The summed E-state index contributed by atoms with van der Waals surface area (Å²) in [5.41, 5.74) is 3.72. The van der Waals surface area contributed by atoms with Crippen LogP contribution in [0.4, 0.5) is 11.4 Å². The molecule has 4 rings (SSSR count). The highest BCUT2D eigenvalue weighted by atomic mass is 35.5. The minimum absolute atomic E-state index is 0. The summed E-state index contributed by atoms with van der Waals surface area (Å²) in [6, 6.07) is 11.6. The average Bonchev–Trinajstić information content (AvgIpc) is 2.74. The number of carbonyl (C=O) groups excluding carboxylic acids is 1. The summed E-state index contributed by atoms with van der Waals surface area (Å²) >= 11 is 0. The number of rotatable bonds is 4. The fourth-order valence-corrected chi connectivity index (χ4v) is 3.67. The molecule has 0 radical (unpaired) electrons. The zero-order valence-corrected chi connectivity index (χ0v) is 18.3. The molecule has 3 heterocycles. The van der Waals surface area contributed by atoms with Crippen molar-refractivity contribution in [1.82, 2.24) is 14.9 Å². The molecule has 1 amide bonds. The number of anilines is 2. The first-order valence-corrected chi connectivity index (χ1v) is 10.0. The van der Waals surface area contributed by atoms with Crippen LogP contribution in [0.1, 0.15) is 35.8 Å². The third-order valence-corrected chi connectivity index (χ3v) is 5.53. The Balaban J connectivity index is 0.00000256. The smallest absolute Gasteiger partial charge is 0.257 e. The highest BCUT2D eigenvalue weighted by molar-refractivity contribution is 6.07. The van der Waals surface area contributed by atoms with Crippen molar-refractivity contribution < 1.29 is 9.53 Å². The number of fused-ring (bicyclic) bond motifs is 1. The first-order valence-electron chi connectivity index (χ1n) is 10.0. The van der Waals surface area contributed by atoms with Gasteiger partial charge >= 0.3 is 0 Å². The van der Waals surface area contributed by atoms with Crippen molar-refractivity contribution in [3.63, 3.8) is 0 Å². The minimum atomic E-state index is 0. The van der Waals surface area contributed by atoms with Gasteiger partial charge in [-0.3, -0.25) is 4.79 Å². The van der Waals surface area contributed by atoms with Gasteiger partial charge in [0.15, 0.2) is 5.65 Å². The lowest BCUT2D eigenvalue weighted by molar-refractivity contribution is 0.0698. The Morgan fingerprint density at radius 2 is 1.83 bits per heavy atom. The summed E-state index contributed by atoms with van der Waals surface area (Å²) in [5.74, 6) is 1.46. The molecule has 1 saturated heterocycles. The molecular formula is C23H27ClN4O2. The van der Waals surface area contributed by atoms with Crippen LogP contribution in [0.15, 0.2) is 42.6 Å². The van der Waals surface area contributed by atoms with Crippen molar-refractivity contribution in [2.24, 2.45) is 5.92 Å². The topological polar surface area (TPSA) is 67.3 Å². The Labute approximate surface area is 183 Å². The predicted octanol–water partition coefficient (Wildman–Crippen LogP) is 4.98. The number of benzene rings is 1. The van der Waals surface area contributed by atoms with Crippen LogP contribution in [-0.2, 0) is 0 Å². The van der Waals surface area contributed by atoms with E-state index in [0.29, 0.717) is 17.1 Å². The number of likely N-dealkylation sites (tertiary alicyclic amines) is 1. The number of nitrogens with one attached hydrogen (secondary N) is 1. The van der Waals surface area contributed by atoms with Gasteiger partial charge in [-0.25, -0.2) is 9.97 Å². The van der Waals surface area contributed by atoms with E-state index in [2.05, 4.69) is 22.2 Å². The van der Waals surface area contributed by atoms with Crippen LogP contribution in [-0.4, -0.2) is 41.0 Å². The predicted molar refractivity (Wildman–Crippen MR) is 122 cm³/mol. The van der Waals surface area contributed by atoms with E-state index in [1.807, 2.05) is 48.2 Å². The maximum Gasteiger partial charge on any atom is 0.257 e. The second-order valence-corrected chi connectivity index (χ2v) is 7.70. The number of aryl methyl sites for hydroxylation is 1. The second-order valence-electron chi connectivity index (χ2n) is 7.70. The maximum absolute atomic E-state index is 13.3. The fraction of sp³-hybridized carbons (Fsp3) is 0.348. The standard InChI is InChI=1S/C23H26N4O2.ClH/c1-15-10-12-27(13-11-15)23(28)20-14-24-22-19(9-4-16(2)25-22)21(20)26-17-5-7-18(29-3)8-6-17;/h4-9,14-15H,10-13H2,1-3H3,(H,24,25,26);1H. The van der Waals surface area contributed by atoms with Crippen molar-refractivity contribution in [2.75, 3.05) is 25.5 Å². The molecule has 7 heteroatoms. The first-order chi connectivity index (χ1) is 14.0. The Kier molecular flexibility index (Phi) is 6.77. The highest BCUT2D eigenvalue weighted by Crippen LogP contribution is 2.31. The number of hydrogen-bond donors (Lipinski definition) is 1. The summed E-state index contributed by atoms with van der Waals surface area (Å²) < 4.78 is 5.24. The van der Waals surface area contributed by atoms with Crippen LogP contribution in [0, 0.1) is 12.8 Å². The maximum atomic E-state index is 13.3. The number of pyridine rings is 2. The number of piperidine rings is 1. The SMILES string of the molecule is COc1ccc(Nc2c(C(=O)N3CCC(C)CC3)cnc3nc(C)ccc23)cc1.Cl. The molecule has 3 aromatic rings. The van der Waals surface area contributed by atoms with E-state index in [0.717, 1.165) is 54.1 Å². The van der Waals surface area contributed by atoms with Gasteiger partial charge < -0.3 is 15.0 Å². The van der Waals surface area contributed by atoms with Gasteiger partial charge in [0.2, 0.25) is 0 Å². The minimum Gasteiger partial charge on any atom is -0.497 e. The third-order valence-electron chi connectivity index (χ3n) is 5.53. The van der Waals surface area contributed by atoms with E-state index >= 15 is 0 Å². The largest absolute Gasteiger partial charge is 0.497 e. The van der Waals surface area contributed by atoms with Crippen molar-refractivity contribution in [3.8, 4) is 5.75 Å². The van der Waals surface area contributed by atoms with Crippen LogP contribution < -0.4 is 10.1 Å². The number of carbonyl (C=O) groups is 1. The molecule has 0 atom stereocenters. The van der Waals surface area contributed by atoms with Gasteiger partial charge in [0.25, 0.3) is 5.91 Å². The monoisotopic (exact) mass is 426 g/mol. The molecule has 30 heavy (non-hydrogen) atoms. The number of nitrogens with zero attached hydrogens (tertiary/aromatic N) is 3. The number of amides is 1. The molecule has 1 N–H and O–H groups in total. The Morgan fingerprint density at radius 1 is 1.13 bits per heavy atom. The molecular weight excluding hydrogens is 400 g/mol. The molecule has 0 aliphatic carbocycles. The Bertz CT molecular complexity index is 1030. The summed E-state index contributed by atoms with van der Waals surface area (Å²) in [6.45, 7) is 5.74. The van der Waals surface area contributed by atoms with Gasteiger partial charge in [0.05, 0.1) is 18.4 Å². The van der Waals surface area contributed by atoms with Gasteiger partial charge in [0, 0.05) is 36.1 Å². The van der Waals surface area contributed by atoms with Gasteiger partial charge in [-0.15, -0.1) is 12.4 Å². The number of hydrogen-bond acceptors (Lipinski definition) is 5. The summed E-state index contributed by atoms with van der Waals surface area (Å²) in [4.78, 5) is 24.3. The molecule has 0 spiro atoms. The molecule has 1 fully saturated rings. The van der Waals surface area contributed by atoms with Crippen LogP contribution in [0.25, 0.3) is 11.0 Å². The lowest BCUT2D eigenvalue weighted by Crippen LogP contribution is -2.38. The van der Waals surface area contributed by atoms with Crippen LogP contribution in [0.5, 0.6) is 5.75 Å². The molecule has 1 aliphatic heterocycles. The van der Waals surface area contributed by atoms with E-state index in [1.165, 1.54) is 0 Å². The Morgan fingerprint density at radius 3 is 2.50 bits per heavy atom. The third kappa shape index (κ3) is 4.49. The number of methoxy groups -OCH3 is 1. The van der Waals surface area contributed by atoms with Crippen LogP contribution in [0.2, 0.25) is 0 Å². The molecule has 158 valence electrons. The summed E-state index contributed by atoms with van der Waals surface area (Å²) in [5, 5.41) is 4.27. The van der Waals surface area contributed by atoms with Gasteiger partial charge in [0.1, 0.15) is 5.75 Å². The van der Waals surface area contributed by atoms with Gasteiger partial charge in [-0.05, 0) is 62.1 Å². The van der Waals surface area contributed by atoms with E-state index in [9.17, 15) is 4.79 Å². The molecule has 0 saturated carbocycles. The molecule has 6 nitrogen and oxygen atoms in total. The van der Waals surface area contributed by atoms with Gasteiger partial charge in [-0.2, -0.15) is 0 Å². The van der Waals surface area contributed by atoms with Crippen molar-refractivity contribution in [2.45, 2.75) is 26.7 Å².